The van der Waals surface area contributed by atoms with Crippen molar-refractivity contribution in [2.75, 3.05) is 5.32 Å². The molecule has 0 saturated heterocycles. The molecular weight excluding hydrogens is 354 g/mol. The summed E-state index contributed by atoms with van der Waals surface area (Å²) in [7, 11) is 0. The van der Waals surface area contributed by atoms with Crippen molar-refractivity contribution in [3.8, 4) is 0 Å². The number of carbonyl (C=O) groups is 2. The first-order chi connectivity index (χ1) is 10.7. The second-order valence-corrected chi connectivity index (χ2v) is 7.39. The maximum atomic E-state index is 12.4. The Morgan fingerprint density at radius 2 is 1.70 bits per heavy atom. The molecule has 2 aromatic rings. The van der Waals surface area contributed by atoms with Crippen molar-refractivity contribution in [2.24, 2.45) is 0 Å². The summed E-state index contributed by atoms with van der Waals surface area (Å²) in [5.41, 5.74) is 2.90. The van der Waals surface area contributed by atoms with Gasteiger partial charge in [0.1, 0.15) is 0 Å². The maximum absolute atomic E-state index is 12.4. The van der Waals surface area contributed by atoms with Crippen molar-refractivity contribution >= 4 is 33.3 Å². The largest absolute Gasteiger partial charge is 0.322 e. The molecule has 2 aromatic carbocycles. The summed E-state index contributed by atoms with van der Waals surface area (Å²) in [4.78, 5) is 23.8. The van der Waals surface area contributed by atoms with Gasteiger partial charge in [-0.15, -0.1) is 0 Å². The van der Waals surface area contributed by atoms with E-state index in [1.54, 1.807) is 24.3 Å². The van der Waals surface area contributed by atoms with E-state index in [2.05, 4.69) is 42.0 Å². The third kappa shape index (κ3) is 4.29. The Bertz CT molecular complexity index is 760. The lowest BCUT2D eigenvalue weighted by atomic mass is 9.86. The average molecular weight is 374 g/mol. The average Bonchev–Trinajstić information content (AvgIpc) is 2.46. The fourth-order valence-corrected chi connectivity index (χ4v) is 3.26. The lowest BCUT2D eigenvalue weighted by Crippen LogP contribution is -2.15. The van der Waals surface area contributed by atoms with E-state index in [4.69, 9.17) is 0 Å². The van der Waals surface area contributed by atoms with Crippen LogP contribution in [0, 0.1) is 0 Å². The van der Waals surface area contributed by atoms with Gasteiger partial charge < -0.3 is 5.32 Å². The van der Waals surface area contributed by atoms with E-state index in [0.29, 0.717) is 16.8 Å². The molecule has 1 N–H and O–H groups in total. The lowest BCUT2D eigenvalue weighted by molar-refractivity contribution is 0.101. The Balaban J connectivity index is 2.23. The van der Waals surface area contributed by atoms with Gasteiger partial charge in [0, 0.05) is 21.3 Å². The molecule has 0 aliphatic rings. The van der Waals surface area contributed by atoms with Crippen LogP contribution in [0.5, 0.6) is 0 Å². The van der Waals surface area contributed by atoms with Crippen molar-refractivity contribution in [2.45, 2.75) is 33.1 Å². The molecule has 3 nitrogen and oxygen atoms in total. The SMILES string of the molecule is CC(=O)c1cccc(NC(=O)c2ccc(C(C)(C)C)c(Br)c2)c1. The van der Waals surface area contributed by atoms with Gasteiger partial charge in [0.15, 0.2) is 5.78 Å². The topological polar surface area (TPSA) is 46.2 Å². The number of hydrogen-bond acceptors (Lipinski definition) is 2. The van der Waals surface area contributed by atoms with Crippen LogP contribution in [0.25, 0.3) is 0 Å². The first-order valence-electron chi connectivity index (χ1n) is 7.41. The van der Waals surface area contributed by atoms with Crippen molar-refractivity contribution in [3.63, 3.8) is 0 Å². The molecule has 0 saturated carbocycles. The fourth-order valence-electron chi connectivity index (χ4n) is 2.28. The zero-order valence-electron chi connectivity index (χ0n) is 13.7. The molecule has 0 radical (unpaired) electrons. The Labute approximate surface area is 145 Å². The summed E-state index contributed by atoms with van der Waals surface area (Å²) in [6, 6.07) is 12.5. The van der Waals surface area contributed by atoms with Crippen LogP contribution in [0.1, 0.15) is 54.0 Å². The van der Waals surface area contributed by atoms with Crippen molar-refractivity contribution in [1.82, 2.24) is 0 Å². The molecule has 0 heterocycles. The highest BCUT2D eigenvalue weighted by molar-refractivity contribution is 9.10. The number of halogens is 1. The highest BCUT2D eigenvalue weighted by atomic mass is 79.9. The van der Waals surface area contributed by atoms with Crippen LogP contribution in [0.2, 0.25) is 0 Å². The van der Waals surface area contributed by atoms with Crippen LogP contribution >= 0.6 is 15.9 Å². The van der Waals surface area contributed by atoms with Crippen molar-refractivity contribution < 1.29 is 9.59 Å². The zero-order valence-corrected chi connectivity index (χ0v) is 15.3. The smallest absolute Gasteiger partial charge is 0.255 e. The van der Waals surface area contributed by atoms with Crippen molar-refractivity contribution in [3.05, 3.63) is 63.6 Å². The molecule has 0 atom stereocenters. The highest BCUT2D eigenvalue weighted by Crippen LogP contribution is 2.30. The van der Waals surface area contributed by atoms with Gasteiger partial charge in [-0.1, -0.05) is 54.9 Å². The molecule has 2 rings (SSSR count). The molecule has 1 amide bonds. The maximum Gasteiger partial charge on any atom is 0.255 e. The van der Waals surface area contributed by atoms with Crippen LogP contribution in [-0.2, 0) is 5.41 Å². The van der Waals surface area contributed by atoms with Gasteiger partial charge in [0.25, 0.3) is 5.91 Å². The summed E-state index contributed by atoms with van der Waals surface area (Å²) in [6.07, 6.45) is 0. The van der Waals surface area contributed by atoms with Crippen LogP contribution < -0.4 is 5.32 Å². The molecule has 0 aliphatic heterocycles. The van der Waals surface area contributed by atoms with Crippen molar-refractivity contribution in [1.29, 1.82) is 0 Å². The molecule has 0 aliphatic carbocycles. The van der Waals surface area contributed by atoms with Gasteiger partial charge in [-0.2, -0.15) is 0 Å². The summed E-state index contributed by atoms with van der Waals surface area (Å²) >= 11 is 3.54. The Morgan fingerprint density at radius 3 is 2.26 bits per heavy atom. The predicted octanol–water partition coefficient (Wildman–Crippen LogP) is 5.20. The fraction of sp³-hybridized carbons (Fsp3) is 0.263. The molecule has 0 unspecified atom stereocenters. The van der Waals surface area contributed by atoms with E-state index in [0.717, 1.165) is 10.0 Å². The molecule has 0 spiro atoms. The first-order valence-corrected chi connectivity index (χ1v) is 8.20. The van der Waals surface area contributed by atoms with E-state index < -0.39 is 0 Å². The van der Waals surface area contributed by atoms with Gasteiger partial charge >= 0.3 is 0 Å². The second-order valence-electron chi connectivity index (χ2n) is 6.54. The Morgan fingerprint density at radius 1 is 1.00 bits per heavy atom. The number of rotatable bonds is 3. The number of benzene rings is 2. The number of nitrogens with one attached hydrogen (secondary N) is 1. The minimum absolute atomic E-state index is 0.00363. The normalized spacial score (nSPS) is 11.2. The summed E-state index contributed by atoms with van der Waals surface area (Å²) < 4.78 is 0.912. The number of Topliss-reactive ketones (excluding diaryl/α,β-unsaturated/α-hetero) is 1. The van der Waals surface area contributed by atoms with Gasteiger partial charge in [-0.3, -0.25) is 9.59 Å². The van der Waals surface area contributed by atoms with E-state index >= 15 is 0 Å². The van der Waals surface area contributed by atoms with Gasteiger partial charge in [-0.05, 0) is 42.2 Å². The molecular formula is C19H20BrNO2. The zero-order chi connectivity index (χ0) is 17.2. The number of carbonyl (C=O) groups excluding carboxylic acids is 2. The third-order valence-electron chi connectivity index (χ3n) is 3.57. The molecule has 4 heteroatoms. The monoisotopic (exact) mass is 373 g/mol. The summed E-state index contributed by atoms with van der Waals surface area (Å²) in [5, 5.41) is 2.83. The number of amides is 1. The van der Waals surface area contributed by atoms with Gasteiger partial charge in [-0.25, -0.2) is 0 Å². The number of hydrogen-bond donors (Lipinski definition) is 1. The van der Waals surface area contributed by atoms with E-state index in [1.807, 2.05) is 18.2 Å². The van der Waals surface area contributed by atoms with Crippen LogP contribution in [0.4, 0.5) is 5.69 Å². The first kappa shape index (κ1) is 17.4. The highest BCUT2D eigenvalue weighted by Gasteiger charge is 2.18. The van der Waals surface area contributed by atoms with E-state index in [1.165, 1.54) is 6.92 Å². The van der Waals surface area contributed by atoms with Crippen LogP contribution in [0.15, 0.2) is 46.9 Å². The van der Waals surface area contributed by atoms with E-state index in [9.17, 15) is 9.59 Å². The van der Waals surface area contributed by atoms with Gasteiger partial charge in [0.2, 0.25) is 0 Å². The van der Waals surface area contributed by atoms with Gasteiger partial charge in [0.05, 0.1) is 0 Å². The predicted molar refractivity (Wildman–Crippen MR) is 97.2 cm³/mol. The second kappa shape index (κ2) is 6.67. The van der Waals surface area contributed by atoms with Crippen LogP contribution in [0.3, 0.4) is 0 Å². The number of ketones is 1. The lowest BCUT2D eigenvalue weighted by Gasteiger charge is -2.21. The Kier molecular flexibility index (Phi) is 5.05. The summed E-state index contributed by atoms with van der Waals surface area (Å²) in [6.45, 7) is 7.88. The third-order valence-corrected chi connectivity index (χ3v) is 4.22. The van der Waals surface area contributed by atoms with E-state index in [-0.39, 0.29) is 17.1 Å². The number of anilines is 1. The minimum Gasteiger partial charge on any atom is -0.322 e. The van der Waals surface area contributed by atoms with Crippen LogP contribution in [-0.4, -0.2) is 11.7 Å². The summed E-state index contributed by atoms with van der Waals surface area (Å²) in [5.74, 6) is -0.231. The molecule has 0 aromatic heterocycles. The molecule has 0 bridgehead atoms. The minimum atomic E-state index is -0.202. The molecule has 0 fully saturated rings. The molecule has 120 valence electrons. The Hall–Kier alpha value is -1.94. The quantitative estimate of drug-likeness (QED) is 0.751. The molecule has 23 heavy (non-hydrogen) atoms. The standard InChI is InChI=1S/C19H20BrNO2/c1-12(22)13-6-5-7-15(10-13)21-18(23)14-8-9-16(17(20)11-14)19(2,3)4/h5-11H,1-4H3,(H,21,23).